The molecular formula is C20H19N5O3. The van der Waals surface area contributed by atoms with Crippen LogP contribution in [0.1, 0.15) is 36.9 Å². The van der Waals surface area contributed by atoms with Gasteiger partial charge in [-0.2, -0.15) is 0 Å². The fourth-order valence-electron chi connectivity index (χ4n) is 2.70. The molecule has 2 aromatic carbocycles. The zero-order valence-electron chi connectivity index (χ0n) is 15.4. The molecule has 142 valence electrons. The third kappa shape index (κ3) is 4.07. The summed E-state index contributed by atoms with van der Waals surface area (Å²) in [6, 6.07) is 13.9. The van der Waals surface area contributed by atoms with Crippen LogP contribution in [0.4, 0.5) is 11.4 Å². The third-order valence-electron chi connectivity index (χ3n) is 4.07. The molecule has 0 fully saturated rings. The Hall–Kier alpha value is -3.94. The number of benzene rings is 2. The minimum atomic E-state index is -0.778. The van der Waals surface area contributed by atoms with Crippen LogP contribution in [0.2, 0.25) is 0 Å². The molecule has 3 amide bonds. The van der Waals surface area contributed by atoms with Gasteiger partial charge in [-0.1, -0.05) is 17.7 Å². The largest absolute Gasteiger partial charge is 0.364 e. The van der Waals surface area contributed by atoms with E-state index in [1.165, 1.54) is 10.9 Å². The average molecular weight is 377 g/mol. The summed E-state index contributed by atoms with van der Waals surface area (Å²) in [5, 5.41) is 5.48. The van der Waals surface area contributed by atoms with Gasteiger partial charge >= 0.3 is 0 Å². The number of rotatable bonds is 5. The van der Waals surface area contributed by atoms with Crippen molar-refractivity contribution >= 4 is 29.1 Å². The highest BCUT2D eigenvalue weighted by atomic mass is 16.2. The maximum Gasteiger partial charge on any atom is 0.274 e. The second kappa shape index (κ2) is 7.75. The first-order valence-electron chi connectivity index (χ1n) is 8.45. The second-order valence-corrected chi connectivity index (χ2v) is 6.27. The van der Waals surface area contributed by atoms with E-state index in [9.17, 15) is 14.4 Å². The van der Waals surface area contributed by atoms with Gasteiger partial charge in [-0.3, -0.25) is 14.4 Å². The number of imidazole rings is 1. The summed E-state index contributed by atoms with van der Waals surface area (Å²) in [5.41, 5.74) is 7.87. The molecule has 0 saturated carbocycles. The van der Waals surface area contributed by atoms with Gasteiger partial charge in [0.1, 0.15) is 5.69 Å². The van der Waals surface area contributed by atoms with E-state index in [1.54, 1.807) is 43.4 Å². The maximum atomic E-state index is 12.5. The molecular weight excluding hydrogens is 358 g/mol. The Morgan fingerprint density at radius 3 is 2.14 bits per heavy atom. The molecule has 0 atom stereocenters. The number of aryl methyl sites for hydroxylation is 2. The fourth-order valence-corrected chi connectivity index (χ4v) is 2.70. The summed E-state index contributed by atoms with van der Waals surface area (Å²) in [4.78, 5) is 40.0. The molecule has 0 spiro atoms. The van der Waals surface area contributed by atoms with Crippen molar-refractivity contribution in [2.45, 2.75) is 6.92 Å². The van der Waals surface area contributed by atoms with Gasteiger partial charge in [-0.15, -0.1) is 0 Å². The summed E-state index contributed by atoms with van der Waals surface area (Å²) < 4.78 is 1.42. The highest BCUT2D eigenvalue weighted by molar-refractivity contribution is 6.10. The monoisotopic (exact) mass is 377 g/mol. The van der Waals surface area contributed by atoms with E-state index < -0.39 is 11.8 Å². The van der Waals surface area contributed by atoms with Gasteiger partial charge < -0.3 is 20.9 Å². The Morgan fingerprint density at radius 1 is 0.964 bits per heavy atom. The van der Waals surface area contributed by atoms with Gasteiger partial charge in [0, 0.05) is 24.0 Å². The average Bonchev–Trinajstić information content (AvgIpc) is 3.05. The lowest BCUT2D eigenvalue weighted by Crippen LogP contribution is -2.22. The topological polar surface area (TPSA) is 119 Å². The van der Waals surface area contributed by atoms with Crippen LogP contribution in [-0.2, 0) is 7.05 Å². The van der Waals surface area contributed by atoms with Crippen molar-refractivity contribution in [3.05, 3.63) is 77.4 Å². The van der Waals surface area contributed by atoms with Gasteiger partial charge in [-0.25, -0.2) is 4.98 Å². The van der Waals surface area contributed by atoms with Crippen LogP contribution in [0, 0.1) is 6.92 Å². The van der Waals surface area contributed by atoms with E-state index in [4.69, 9.17) is 5.73 Å². The van der Waals surface area contributed by atoms with E-state index in [-0.39, 0.29) is 17.3 Å². The van der Waals surface area contributed by atoms with Crippen molar-refractivity contribution < 1.29 is 14.4 Å². The number of hydrogen-bond acceptors (Lipinski definition) is 4. The zero-order valence-corrected chi connectivity index (χ0v) is 15.4. The summed E-state index contributed by atoms with van der Waals surface area (Å²) in [6.07, 6.45) is 1.35. The van der Waals surface area contributed by atoms with E-state index in [1.807, 2.05) is 19.1 Å². The van der Waals surface area contributed by atoms with Crippen molar-refractivity contribution in [1.82, 2.24) is 9.55 Å². The maximum absolute atomic E-state index is 12.5. The number of primary amides is 1. The highest BCUT2D eigenvalue weighted by Gasteiger charge is 2.20. The highest BCUT2D eigenvalue weighted by Crippen LogP contribution is 2.17. The molecule has 1 heterocycles. The predicted molar refractivity (Wildman–Crippen MR) is 105 cm³/mol. The number of amides is 3. The van der Waals surface area contributed by atoms with Crippen molar-refractivity contribution in [2.24, 2.45) is 12.8 Å². The van der Waals surface area contributed by atoms with Gasteiger partial charge in [-0.05, 0) is 43.3 Å². The molecule has 0 saturated heterocycles. The van der Waals surface area contributed by atoms with E-state index in [0.29, 0.717) is 16.9 Å². The summed E-state index contributed by atoms with van der Waals surface area (Å²) in [7, 11) is 1.60. The minimum Gasteiger partial charge on any atom is -0.364 e. The van der Waals surface area contributed by atoms with Crippen LogP contribution in [0.5, 0.6) is 0 Å². The summed E-state index contributed by atoms with van der Waals surface area (Å²) in [5.74, 6) is -1.51. The van der Waals surface area contributed by atoms with Crippen LogP contribution in [0.15, 0.2) is 54.9 Å². The first-order chi connectivity index (χ1) is 13.3. The molecule has 3 aromatic rings. The van der Waals surface area contributed by atoms with Gasteiger partial charge in [0.2, 0.25) is 0 Å². The Balaban J connectivity index is 1.69. The molecule has 0 radical (unpaired) electrons. The number of nitrogens with two attached hydrogens (primary N) is 1. The molecule has 1 aromatic heterocycles. The van der Waals surface area contributed by atoms with Crippen LogP contribution >= 0.6 is 0 Å². The summed E-state index contributed by atoms with van der Waals surface area (Å²) in [6.45, 7) is 1.92. The Morgan fingerprint density at radius 2 is 1.57 bits per heavy atom. The van der Waals surface area contributed by atoms with Crippen molar-refractivity contribution in [1.29, 1.82) is 0 Å². The van der Waals surface area contributed by atoms with Crippen molar-refractivity contribution in [2.75, 3.05) is 10.6 Å². The fraction of sp³-hybridized carbons (Fsp3) is 0.100. The van der Waals surface area contributed by atoms with Crippen LogP contribution in [0.3, 0.4) is 0 Å². The number of anilines is 2. The summed E-state index contributed by atoms with van der Waals surface area (Å²) >= 11 is 0. The molecule has 0 aliphatic carbocycles. The van der Waals surface area contributed by atoms with Crippen LogP contribution in [-0.4, -0.2) is 27.3 Å². The van der Waals surface area contributed by atoms with Gasteiger partial charge in [0.15, 0.2) is 5.69 Å². The number of hydrogen-bond donors (Lipinski definition) is 3. The van der Waals surface area contributed by atoms with Crippen LogP contribution in [0.25, 0.3) is 0 Å². The van der Waals surface area contributed by atoms with E-state index >= 15 is 0 Å². The van der Waals surface area contributed by atoms with E-state index in [2.05, 4.69) is 15.6 Å². The molecule has 4 N–H and O–H groups in total. The van der Waals surface area contributed by atoms with Crippen molar-refractivity contribution in [3.8, 4) is 0 Å². The lowest BCUT2D eigenvalue weighted by atomic mass is 10.1. The number of nitrogens with zero attached hydrogens (tertiary/aromatic N) is 2. The lowest BCUT2D eigenvalue weighted by molar-refractivity contribution is 0.0970. The normalized spacial score (nSPS) is 10.4. The molecule has 0 unspecified atom stereocenters. The minimum absolute atomic E-state index is 0.0735. The molecule has 28 heavy (non-hydrogen) atoms. The quantitative estimate of drug-likeness (QED) is 0.632. The lowest BCUT2D eigenvalue weighted by Gasteiger charge is -2.09. The zero-order chi connectivity index (χ0) is 20.3. The number of aromatic nitrogens is 2. The first-order valence-corrected chi connectivity index (χ1v) is 8.45. The Bertz CT molecular complexity index is 1050. The second-order valence-electron chi connectivity index (χ2n) is 6.27. The molecule has 0 aliphatic heterocycles. The van der Waals surface area contributed by atoms with Crippen molar-refractivity contribution in [3.63, 3.8) is 0 Å². The third-order valence-corrected chi connectivity index (χ3v) is 4.07. The van der Waals surface area contributed by atoms with Gasteiger partial charge in [0.25, 0.3) is 17.7 Å². The number of nitrogens with one attached hydrogen (secondary N) is 2. The smallest absolute Gasteiger partial charge is 0.274 e. The molecule has 8 heteroatoms. The Kier molecular flexibility index (Phi) is 5.21. The Labute approximate surface area is 161 Å². The van der Waals surface area contributed by atoms with E-state index in [0.717, 1.165) is 5.56 Å². The molecule has 0 aliphatic rings. The number of carbonyl (C=O) groups is 3. The standard InChI is InChI=1S/C20H19N5O3/c1-12-4-3-5-13(10-12)19(27)23-14-6-8-15(9-7-14)24-20(28)17-16(18(21)26)22-11-25(17)2/h3-11H,1-2H3,(H2,21,26)(H,23,27)(H,24,28). The van der Waals surface area contributed by atoms with Crippen LogP contribution < -0.4 is 16.4 Å². The number of carbonyl (C=O) groups excluding carboxylic acids is 3. The molecule has 3 rings (SSSR count). The molecule has 8 nitrogen and oxygen atoms in total. The predicted octanol–water partition coefficient (Wildman–Crippen LogP) is 2.33. The molecule has 0 bridgehead atoms. The SMILES string of the molecule is Cc1cccc(C(=O)Nc2ccc(NC(=O)c3c(C(N)=O)ncn3C)cc2)c1. The van der Waals surface area contributed by atoms with Gasteiger partial charge in [0.05, 0.1) is 6.33 Å². The first kappa shape index (κ1) is 18.8.